The van der Waals surface area contributed by atoms with E-state index in [2.05, 4.69) is 37.7 Å². The molecule has 2 aromatic heterocycles. The molecule has 0 radical (unpaired) electrons. The van der Waals surface area contributed by atoms with Crippen molar-refractivity contribution >= 4 is 23.4 Å². The van der Waals surface area contributed by atoms with Crippen LogP contribution in [0.2, 0.25) is 0 Å². The Bertz CT molecular complexity index is 517. The summed E-state index contributed by atoms with van der Waals surface area (Å²) in [4.78, 5) is 8.71. The van der Waals surface area contributed by atoms with Gasteiger partial charge in [0.25, 0.3) is 0 Å². The van der Waals surface area contributed by atoms with E-state index in [0.29, 0.717) is 6.54 Å². The summed E-state index contributed by atoms with van der Waals surface area (Å²) in [5.41, 5.74) is 0. The van der Waals surface area contributed by atoms with Crippen LogP contribution in [0.25, 0.3) is 0 Å². The van der Waals surface area contributed by atoms with E-state index in [1.807, 2.05) is 23.9 Å². The molecule has 2 heterocycles. The SMILES string of the molecule is CCn1cnnc1CNc1cc(NC)nc(SC)n1. The standard InChI is InChI=1S/C11H17N7S/c1-4-18-7-14-17-10(18)6-13-9-5-8(12-2)15-11(16-9)19-3/h5,7H,4,6H2,1-3H3,(H2,12,13,15,16). The van der Waals surface area contributed by atoms with Crippen LogP contribution in [0.1, 0.15) is 12.7 Å². The van der Waals surface area contributed by atoms with Crippen LogP contribution in [-0.2, 0) is 13.1 Å². The molecule has 0 aliphatic heterocycles. The van der Waals surface area contributed by atoms with E-state index in [-0.39, 0.29) is 0 Å². The average molecular weight is 279 g/mol. The molecule has 0 fully saturated rings. The zero-order valence-electron chi connectivity index (χ0n) is 11.2. The Hall–Kier alpha value is -1.83. The number of thioether (sulfide) groups is 1. The second kappa shape index (κ2) is 6.37. The van der Waals surface area contributed by atoms with E-state index in [4.69, 9.17) is 0 Å². The fourth-order valence-electron chi connectivity index (χ4n) is 1.58. The van der Waals surface area contributed by atoms with Crippen LogP contribution < -0.4 is 10.6 Å². The maximum absolute atomic E-state index is 4.40. The normalized spacial score (nSPS) is 10.5. The number of aryl methyl sites for hydroxylation is 1. The molecule has 0 aromatic carbocycles. The Morgan fingerprint density at radius 1 is 1.32 bits per heavy atom. The van der Waals surface area contributed by atoms with E-state index in [1.165, 1.54) is 11.8 Å². The molecule has 2 aromatic rings. The van der Waals surface area contributed by atoms with E-state index in [0.717, 1.165) is 29.2 Å². The lowest BCUT2D eigenvalue weighted by atomic mass is 10.5. The summed E-state index contributed by atoms with van der Waals surface area (Å²) in [5, 5.41) is 15.0. The third-order valence-electron chi connectivity index (χ3n) is 2.61. The van der Waals surface area contributed by atoms with Crippen LogP contribution in [-0.4, -0.2) is 38.0 Å². The van der Waals surface area contributed by atoms with Gasteiger partial charge in [-0.05, 0) is 13.2 Å². The van der Waals surface area contributed by atoms with Crippen molar-refractivity contribution in [1.29, 1.82) is 0 Å². The Morgan fingerprint density at radius 2 is 2.11 bits per heavy atom. The van der Waals surface area contributed by atoms with Crippen LogP contribution >= 0.6 is 11.8 Å². The van der Waals surface area contributed by atoms with Gasteiger partial charge in [0, 0.05) is 19.7 Å². The summed E-state index contributed by atoms with van der Waals surface area (Å²) in [6.45, 7) is 3.50. The first-order chi connectivity index (χ1) is 9.26. The van der Waals surface area contributed by atoms with Crippen LogP contribution in [0.4, 0.5) is 11.6 Å². The Morgan fingerprint density at radius 3 is 2.79 bits per heavy atom. The summed E-state index contributed by atoms with van der Waals surface area (Å²) >= 11 is 1.51. The summed E-state index contributed by atoms with van der Waals surface area (Å²) in [7, 11) is 1.84. The van der Waals surface area contributed by atoms with Crippen LogP contribution in [0.5, 0.6) is 0 Å². The molecule has 7 nitrogen and oxygen atoms in total. The molecular weight excluding hydrogens is 262 g/mol. The van der Waals surface area contributed by atoms with Gasteiger partial charge in [-0.3, -0.25) is 0 Å². The van der Waals surface area contributed by atoms with Crippen molar-refractivity contribution in [3.8, 4) is 0 Å². The lowest BCUT2D eigenvalue weighted by Gasteiger charge is -2.09. The molecule has 0 spiro atoms. The largest absolute Gasteiger partial charge is 0.373 e. The number of hydrogen-bond donors (Lipinski definition) is 2. The van der Waals surface area contributed by atoms with E-state index in [1.54, 1.807) is 6.33 Å². The van der Waals surface area contributed by atoms with Gasteiger partial charge in [0.2, 0.25) is 0 Å². The molecule has 2 N–H and O–H groups in total. The molecule has 0 aliphatic carbocycles. The van der Waals surface area contributed by atoms with Gasteiger partial charge < -0.3 is 15.2 Å². The van der Waals surface area contributed by atoms with Crippen molar-refractivity contribution in [1.82, 2.24) is 24.7 Å². The van der Waals surface area contributed by atoms with E-state index in [9.17, 15) is 0 Å². The number of anilines is 2. The quantitative estimate of drug-likeness (QED) is 0.612. The van der Waals surface area contributed by atoms with Gasteiger partial charge in [-0.15, -0.1) is 10.2 Å². The first-order valence-corrected chi connectivity index (χ1v) is 7.20. The van der Waals surface area contributed by atoms with Crippen molar-refractivity contribution < 1.29 is 0 Å². The maximum atomic E-state index is 4.40. The summed E-state index contributed by atoms with van der Waals surface area (Å²) in [6.07, 6.45) is 3.68. The fraction of sp³-hybridized carbons (Fsp3) is 0.455. The topological polar surface area (TPSA) is 80.5 Å². The van der Waals surface area contributed by atoms with Gasteiger partial charge in [-0.2, -0.15) is 0 Å². The van der Waals surface area contributed by atoms with Crippen LogP contribution in [0.15, 0.2) is 17.6 Å². The minimum Gasteiger partial charge on any atom is -0.373 e. The smallest absolute Gasteiger partial charge is 0.191 e. The molecule has 0 unspecified atom stereocenters. The van der Waals surface area contributed by atoms with Gasteiger partial charge >= 0.3 is 0 Å². The zero-order chi connectivity index (χ0) is 13.7. The second-order valence-electron chi connectivity index (χ2n) is 3.76. The molecule has 0 saturated carbocycles. The van der Waals surface area contributed by atoms with Crippen molar-refractivity contribution in [2.45, 2.75) is 25.2 Å². The maximum Gasteiger partial charge on any atom is 0.191 e. The average Bonchev–Trinajstić information content (AvgIpc) is 2.92. The molecule has 102 valence electrons. The van der Waals surface area contributed by atoms with Gasteiger partial charge in [-0.25, -0.2) is 9.97 Å². The van der Waals surface area contributed by atoms with Gasteiger partial charge in [0.1, 0.15) is 18.0 Å². The van der Waals surface area contributed by atoms with Crippen molar-refractivity contribution in [2.75, 3.05) is 23.9 Å². The molecule has 0 saturated heterocycles. The molecule has 0 aliphatic rings. The Labute approximate surface area is 116 Å². The highest BCUT2D eigenvalue weighted by Crippen LogP contribution is 2.17. The number of hydrogen-bond acceptors (Lipinski definition) is 7. The van der Waals surface area contributed by atoms with Gasteiger partial charge in [-0.1, -0.05) is 11.8 Å². The van der Waals surface area contributed by atoms with E-state index < -0.39 is 0 Å². The number of aromatic nitrogens is 5. The minimum absolute atomic E-state index is 0.585. The number of nitrogens with one attached hydrogen (secondary N) is 2. The van der Waals surface area contributed by atoms with Gasteiger partial charge in [0.05, 0.1) is 6.54 Å². The van der Waals surface area contributed by atoms with Crippen LogP contribution in [0.3, 0.4) is 0 Å². The molecule has 8 heteroatoms. The molecular formula is C11H17N7S. The monoisotopic (exact) mass is 279 g/mol. The third-order valence-corrected chi connectivity index (χ3v) is 3.16. The summed E-state index contributed by atoms with van der Waals surface area (Å²) < 4.78 is 1.99. The highest BCUT2D eigenvalue weighted by atomic mass is 32.2. The fourth-order valence-corrected chi connectivity index (χ4v) is 1.96. The van der Waals surface area contributed by atoms with Crippen molar-refractivity contribution in [3.05, 3.63) is 18.2 Å². The zero-order valence-corrected chi connectivity index (χ0v) is 12.0. The highest BCUT2D eigenvalue weighted by molar-refractivity contribution is 7.98. The van der Waals surface area contributed by atoms with Crippen molar-refractivity contribution in [3.63, 3.8) is 0 Å². The first kappa shape index (κ1) is 13.6. The van der Waals surface area contributed by atoms with Crippen molar-refractivity contribution in [2.24, 2.45) is 0 Å². The highest BCUT2D eigenvalue weighted by Gasteiger charge is 2.05. The van der Waals surface area contributed by atoms with Gasteiger partial charge in [0.15, 0.2) is 11.0 Å². The van der Waals surface area contributed by atoms with E-state index >= 15 is 0 Å². The molecule has 0 atom stereocenters. The second-order valence-corrected chi connectivity index (χ2v) is 4.54. The summed E-state index contributed by atoms with van der Waals surface area (Å²) in [5.74, 6) is 2.45. The number of nitrogens with zero attached hydrogens (tertiary/aromatic N) is 5. The number of rotatable bonds is 6. The molecule has 19 heavy (non-hydrogen) atoms. The Kier molecular flexibility index (Phi) is 4.56. The van der Waals surface area contributed by atoms with Crippen LogP contribution in [0, 0.1) is 0 Å². The Balaban J connectivity index is 2.10. The molecule has 0 bridgehead atoms. The summed E-state index contributed by atoms with van der Waals surface area (Å²) in [6, 6.07) is 1.87. The minimum atomic E-state index is 0.585. The molecule has 2 rings (SSSR count). The first-order valence-electron chi connectivity index (χ1n) is 5.98. The predicted octanol–water partition coefficient (Wildman–Crippen LogP) is 1.46. The predicted molar refractivity (Wildman–Crippen MR) is 76.4 cm³/mol. The third kappa shape index (κ3) is 3.34. The molecule has 0 amide bonds. The lowest BCUT2D eigenvalue weighted by molar-refractivity contribution is 0.706. The lowest BCUT2D eigenvalue weighted by Crippen LogP contribution is -2.09.